The van der Waals surface area contributed by atoms with E-state index >= 15 is 0 Å². The van der Waals surface area contributed by atoms with Gasteiger partial charge in [-0.1, -0.05) is 13.8 Å². The summed E-state index contributed by atoms with van der Waals surface area (Å²) in [6, 6.07) is -0.908. The summed E-state index contributed by atoms with van der Waals surface area (Å²) in [4.78, 5) is 24.0. The minimum Gasteiger partial charge on any atom is -0.379 e. The molecule has 1 heterocycles. The molecule has 1 aliphatic heterocycles. The summed E-state index contributed by atoms with van der Waals surface area (Å²) in [5.74, 6) is -0.0381. The molecule has 6 heteroatoms. The van der Waals surface area contributed by atoms with E-state index in [0.29, 0.717) is 25.7 Å². The van der Waals surface area contributed by atoms with Crippen molar-refractivity contribution in [1.29, 1.82) is 0 Å². The van der Waals surface area contributed by atoms with Gasteiger partial charge < -0.3 is 21.1 Å². The van der Waals surface area contributed by atoms with Gasteiger partial charge in [0.15, 0.2) is 0 Å². The predicted molar refractivity (Wildman–Crippen MR) is 72.4 cm³/mol. The van der Waals surface area contributed by atoms with E-state index in [4.69, 9.17) is 10.5 Å². The summed E-state index contributed by atoms with van der Waals surface area (Å²) in [5, 5.41) is 5.49. The van der Waals surface area contributed by atoms with Crippen LogP contribution < -0.4 is 16.4 Å². The average Bonchev–Trinajstić information content (AvgIpc) is 2.67. The minimum atomic E-state index is -0.757. The quantitative estimate of drug-likeness (QED) is 0.636. The maximum absolute atomic E-state index is 12.2. The van der Waals surface area contributed by atoms with Crippen molar-refractivity contribution in [2.24, 2.45) is 17.1 Å². The predicted octanol–water partition coefficient (Wildman–Crippen LogP) is -0.373. The lowest BCUT2D eigenvalue weighted by atomic mass is 9.84. The molecule has 1 saturated heterocycles. The molecule has 0 aromatic carbocycles. The molecule has 0 aliphatic carbocycles. The van der Waals surface area contributed by atoms with Gasteiger partial charge in [-0.15, -0.1) is 0 Å². The highest BCUT2D eigenvalue weighted by Crippen LogP contribution is 2.27. The largest absolute Gasteiger partial charge is 0.379 e. The van der Waals surface area contributed by atoms with Crippen LogP contribution in [-0.4, -0.2) is 43.7 Å². The monoisotopic (exact) mass is 271 g/mol. The van der Waals surface area contributed by atoms with Crippen molar-refractivity contribution in [3.63, 3.8) is 0 Å². The number of nitrogens with two attached hydrogens (primary N) is 1. The molecule has 4 N–H and O–H groups in total. The third kappa shape index (κ3) is 3.91. The van der Waals surface area contributed by atoms with Crippen LogP contribution in [0.25, 0.3) is 0 Å². The van der Waals surface area contributed by atoms with Crippen molar-refractivity contribution < 1.29 is 14.3 Å². The van der Waals surface area contributed by atoms with E-state index in [2.05, 4.69) is 10.6 Å². The summed E-state index contributed by atoms with van der Waals surface area (Å²) in [7, 11) is 0. The first-order valence-electron chi connectivity index (χ1n) is 6.69. The molecule has 3 unspecified atom stereocenters. The fourth-order valence-electron chi connectivity index (χ4n) is 1.81. The van der Waals surface area contributed by atoms with Crippen LogP contribution in [0.5, 0.6) is 0 Å². The fraction of sp³-hybridized carbons (Fsp3) is 0.846. The minimum absolute atomic E-state index is 0.182. The van der Waals surface area contributed by atoms with Crippen LogP contribution in [0.4, 0.5) is 0 Å². The lowest BCUT2D eigenvalue weighted by molar-refractivity contribution is -0.134. The summed E-state index contributed by atoms with van der Waals surface area (Å²) in [5.41, 5.74) is 5.12. The fourth-order valence-corrected chi connectivity index (χ4v) is 1.81. The molecular formula is C13H25N3O3. The van der Waals surface area contributed by atoms with Crippen LogP contribution in [0.2, 0.25) is 0 Å². The Kier molecular flexibility index (Phi) is 5.31. The van der Waals surface area contributed by atoms with Gasteiger partial charge in [0, 0.05) is 12.6 Å². The zero-order valence-electron chi connectivity index (χ0n) is 12.2. The van der Waals surface area contributed by atoms with Gasteiger partial charge in [0.25, 0.3) is 0 Å². The second-order valence-electron chi connectivity index (χ2n) is 5.87. The highest BCUT2D eigenvalue weighted by atomic mass is 16.5. The Morgan fingerprint density at radius 1 is 1.42 bits per heavy atom. The summed E-state index contributed by atoms with van der Waals surface area (Å²) in [6.45, 7) is 8.72. The zero-order chi connectivity index (χ0) is 14.6. The smallest absolute Gasteiger partial charge is 0.242 e. The molecule has 110 valence electrons. The second-order valence-corrected chi connectivity index (χ2v) is 5.87. The number of rotatable bonds is 5. The molecule has 0 aromatic rings. The van der Waals surface area contributed by atoms with Crippen LogP contribution in [0.1, 0.15) is 27.7 Å². The van der Waals surface area contributed by atoms with Crippen molar-refractivity contribution in [1.82, 2.24) is 10.6 Å². The first-order chi connectivity index (χ1) is 8.77. The highest BCUT2D eigenvalue weighted by molar-refractivity contribution is 5.90. The molecular weight excluding hydrogens is 246 g/mol. The van der Waals surface area contributed by atoms with E-state index in [-0.39, 0.29) is 17.9 Å². The molecule has 0 saturated carbocycles. The third-order valence-electron chi connectivity index (χ3n) is 3.46. The summed E-state index contributed by atoms with van der Waals surface area (Å²) >= 11 is 0. The van der Waals surface area contributed by atoms with Crippen LogP contribution in [0, 0.1) is 11.3 Å². The van der Waals surface area contributed by atoms with E-state index in [1.165, 1.54) is 0 Å². The molecule has 1 rings (SSSR count). The van der Waals surface area contributed by atoms with Gasteiger partial charge in [-0.2, -0.15) is 0 Å². The Balaban J connectivity index is 2.50. The summed E-state index contributed by atoms with van der Waals surface area (Å²) < 4.78 is 5.23. The number of hydrogen-bond donors (Lipinski definition) is 3. The van der Waals surface area contributed by atoms with Crippen molar-refractivity contribution in [2.75, 3.05) is 19.8 Å². The Bertz CT molecular complexity index is 346. The first-order valence-corrected chi connectivity index (χ1v) is 6.69. The molecule has 2 amide bonds. The molecule has 6 nitrogen and oxygen atoms in total. The summed E-state index contributed by atoms with van der Waals surface area (Å²) in [6.07, 6.45) is 0. The van der Waals surface area contributed by atoms with Gasteiger partial charge in [0.2, 0.25) is 11.8 Å². The lowest BCUT2D eigenvalue weighted by Crippen LogP contribution is -2.55. The van der Waals surface area contributed by atoms with E-state index < -0.39 is 11.5 Å². The SMILES string of the molecule is CC(C)CNC(=O)C(C)NC(=O)C1(C)COCC1N. The van der Waals surface area contributed by atoms with E-state index in [1.54, 1.807) is 13.8 Å². The van der Waals surface area contributed by atoms with E-state index in [9.17, 15) is 9.59 Å². The third-order valence-corrected chi connectivity index (χ3v) is 3.46. The molecule has 3 atom stereocenters. The van der Waals surface area contributed by atoms with Crippen LogP contribution >= 0.6 is 0 Å². The highest BCUT2D eigenvalue weighted by Gasteiger charge is 2.44. The van der Waals surface area contributed by atoms with Gasteiger partial charge in [-0.25, -0.2) is 0 Å². The number of amides is 2. The Morgan fingerprint density at radius 2 is 2.05 bits per heavy atom. The molecule has 0 aromatic heterocycles. The number of carbonyl (C=O) groups is 2. The Morgan fingerprint density at radius 3 is 2.53 bits per heavy atom. The maximum atomic E-state index is 12.2. The Hall–Kier alpha value is -1.14. The molecule has 0 radical (unpaired) electrons. The topological polar surface area (TPSA) is 93.5 Å². The van der Waals surface area contributed by atoms with E-state index in [0.717, 1.165) is 0 Å². The number of ether oxygens (including phenoxy) is 1. The van der Waals surface area contributed by atoms with Crippen LogP contribution in [-0.2, 0) is 14.3 Å². The van der Waals surface area contributed by atoms with Gasteiger partial charge >= 0.3 is 0 Å². The van der Waals surface area contributed by atoms with Crippen molar-refractivity contribution in [2.45, 2.75) is 39.8 Å². The molecule has 1 fully saturated rings. The zero-order valence-corrected chi connectivity index (χ0v) is 12.2. The maximum Gasteiger partial charge on any atom is 0.242 e. The average molecular weight is 271 g/mol. The van der Waals surface area contributed by atoms with Gasteiger partial charge in [-0.3, -0.25) is 9.59 Å². The molecule has 0 bridgehead atoms. The first kappa shape index (κ1) is 15.9. The number of hydrogen-bond acceptors (Lipinski definition) is 4. The number of carbonyl (C=O) groups excluding carboxylic acids is 2. The van der Waals surface area contributed by atoms with Gasteiger partial charge in [-0.05, 0) is 19.8 Å². The molecule has 0 spiro atoms. The lowest BCUT2D eigenvalue weighted by Gasteiger charge is -2.27. The van der Waals surface area contributed by atoms with Crippen molar-refractivity contribution in [3.8, 4) is 0 Å². The molecule has 19 heavy (non-hydrogen) atoms. The van der Waals surface area contributed by atoms with Crippen molar-refractivity contribution in [3.05, 3.63) is 0 Å². The van der Waals surface area contributed by atoms with Crippen LogP contribution in [0.15, 0.2) is 0 Å². The molecule has 1 aliphatic rings. The number of nitrogens with one attached hydrogen (secondary N) is 2. The standard InChI is InChI=1S/C13H25N3O3/c1-8(2)5-15-11(17)9(3)16-12(18)13(4)7-19-6-10(13)14/h8-10H,5-7,14H2,1-4H3,(H,15,17)(H,16,18). The van der Waals surface area contributed by atoms with E-state index in [1.807, 2.05) is 13.8 Å². The Labute approximate surface area is 114 Å². The van der Waals surface area contributed by atoms with Crippen molar-refractivity contribution >= 4 is 11.8 Å². The van der Waals surface area contributed by atoms with Crippen LogP contribution in [0.3, 0.4) is 0 Å². The normalized spacial score (nSPS) is 28.2. The van der Waals surface area contributed by atoms with Gasteiger partial charge in [0.1, 0.15) is 6.04 Å². The second kappa shape index (κ2) is 6.34. The van der Waals surface area contributed by atoms with Gasteiger partial charge in [0.05, 0.1) is 18.6 Å².